The van der Waals surface area contributed by atoms with Crippen LogP contribution in [0.1, 0.15) is 39.3 Å². The fourth-order valence-corrected chi connectivity index (χ4v) is 2.66. The predicted molar refractivity (Wildman–Crippen MR) is 72.8 cm³/mol. The number of ether oxygens (including phenoxy) is 1. The summed E-state index contributed by atoms with van der Waals surface area (Å²) < 4.78 is 7.78. The van der Waals surface area contributed by atoms with Gasteiger partial charge in [0.2, 0.25) is 0 Å². The van der Waals surface area contributed by atoms with E-state index < -0.39 is 0 Å². The Morgan fingerprint density at radius 1 is 1.44 bits per heavy atom. The number of hydrogen-bond acceptors (Lipinski definition) is 3. The first kappa shape index (κ1) is 13.6. The summed E-state index contributed by atoms with van der Waals surface area (Å²) in [5.74, 6) is 0. The van der Waals surface area contributed by atoms with Crippen LogP contribution in [0.15, 0.2) is 12.5 Å². The zero-order chi connectivity index (χ0) is 13.2. The molecule has 0 aromatic carbocycles. The van der Waals surface area contributed by atoms with Crippen LogP contribution in [0.2, 0.25) is 0 Å². The van der Waals surface area contributed by atoms with E-state index in [1.807, 2.05) is 12.5 Å². The fourth-order valence-electron chi connectivity index (χ4n) is 2.66. The standard InChI is InChI=1S/C14H25N3O/c1-13(2,18-4)10-17-11-16-9-12(17)14(3)5-7-15-8-6-14/h9,11,15H,5-8,10H2,1-4H3. The Kier molecular flexibility index (Phi) is 3.78. The third-order valence-electron chi connectivity index (χ3n) is 4.14. The van der Waals surface area contributed by atoms with Crippen LogP contribution >= 0.6 is 0 Å². The molecule has 18 heavy (non-hydrogen) atoms. The molecule has 0 radical (unpaired) electrons. The van der Waals surface area contributed by atoms with Crippen LogP contribution in [-0.2, 0) is 16.7 Å². The molecule has 1 saturated heterocycles. The SMILES string of the molecule is COC(C)(C)Cn1cncc1C1(C)CCNCC1. The molecule has 0 spiro atoms. The molecule has 1 aromatic rings. The van der Waals surface area contributed by atoms with Crippen LogP contribution in [0, 0.1) is 0 Å². The first-order valence-electron chi connectivity index (χ1n) is 6.73. The van der Waals surface area contributed by atoms with Crippen molar-refractivity contribution in [2.75, 3.05) is 20.2 Å². The van der Waals surface area contributed by atoms with E-state index in [1.54, 1.807) is 7.11 Å². The Bertz CT molecular complexity index is 391. The maximum Gasteiger partial charge on any atom is 0.0949 e. The Labute approximate surface area is 110 Å². The second-order valence-corrected chi connectivity index (χ2v) is 6.18. The molecule has 2 heterocycles. The molecule has 0 unspecified atom stereocenters. The van der Waals surface area contributed by atoms with Crippen LogP contribution < -0.4 is 5.32 Å². The molecule has 102 valence electrons. The summed E-state index contributed by atoms with van der Waals surface area (Å²) in [7, 11) is 1.77. The topological polar surface area (TPSA) is 39.1 Å². The van der Waals surface area contributed by atoms with Gasteiger partial charge >= 0.3 is 0 Å². The first-order valence-corrected chi connectivity index (χ1v) is 6.73. The average molecular weight is 251 g/mol. The van der Waals surface area contributed by atoms with Gasteiger partial charge in [0.15, 0.2) is 0 Å². The number of methoxy groups -OCH3 is 1. The zero-order valence-corrected chi connectivity index (χ0v) is 12.0. The quantitative estimate of drug-likeness (QED) is 0.889. The molecule has 4 nitrogen and oxygen atoms in total. The van der Waals surface area contributed by atoms with Crippen molar-refractivity contribution in [1.29, 1.82) is 0 Å². The van der Waals surface area contributed by atoms with E-state index in [4.69, 9.17) is 4.74 Å². The lowest BCUT2D eigenvalue weighted by Crippen LogP contribution is -2.40. The number of nitrogens with zero attached hydrogens (tertiary/aromatic N) is 2. The molecule has 0 saturated carbocycles. The molecule has 4 heteroatoms. The predicted octanol–water partition coefficient (Wildman–Crippen LogP) is 1.95. The molecular formula is C14H25N3O. The number of imidazole rings is 1. The minimum Gasteiger partial charge on any atom is -0.377 e. The van der Waals surface area contributed by atoms with Crippen LogP contribution in [0.3, 0.4) is 0 Å². The molecule has 0 bridgehead atoms. The third kappa shape index (κ3) is 2.75. The van der Waals surface area contributed by atoms with Gasteiger partial charge in [0.25, 0.3) is 0 Å². The first-order chi connectivity index (χ1) is 8.47. The third-order valence-corrected chi connectivity index (χ3v) is 4.14. The highest BCUT2D eigenvalue weighted by Crippen LogP contribution is 2.33. The van der Waals surface area contributed by atoms with Gasteiger partial charge in [0.05, 0.1) is 18.5 Å². The number of aromatic nitrogens is 2. The van der Waals surface area contributed by atoms with Gasteiger partial charge in [-0.25, -0.2) is 4.98 Å². The minimum atomic E-state index is -0.154. The van der Waals surface area contributed by atoms with E-state index >= 15 is 0 Å². The minimum absolute atomic E-state index is 0.154. The molecule has 1 N–H and O–H groups in total. The van der Waals surface area contributed by atoms with E-state index in [1.165, 1.54) is 18.5 Å². The number of hydrogen-bond donors (Lipinski definition) is 1. The van der Waals surface area contributed by atoms with Gasteiger partial charge in [-0.15, -0.1) is 0 Å². The second-order valence-electron chi connectivity index (χ2n) is 6.18. The molecule has 0 aliphatic carbocycles. The summed E-state index contributed by atoms with van der Waals surface area (Å²) in [6, 6.07) is 0. The molecule has 1 aliphatic rings. The van der Waals surface area contributed by atoms with Crippen molar-refractivity contribution in [3.05, 3.63) is 18.2 Å². The number of piperidine rings is 1. The number of nitrogens with one attached hydrogen (secondary N) is 1. The van der Waals surface area contributed by atoms with Gasteiger partial charge in [-0.3, -0.25) is 0 Å². The fraction of sp³-hybridized carbons (Fsp3) is 0.786. The molecule has 2 rings (SSSR count). The lowest BCUT2D eigenvalue weighted by molar-refractivity contribution is 0.00677. The summed E-state index contributed by atoms with van der Waals surface area (Å²) in [4.78, 5) is 4.35. The molecule has 1 fully saturated rings. The van der Waals surface area contributed by atoms with Gasteiger partial charge < -0.3 is 14.6 Å². The van der Waals surface area contributed by atoms with Gasteiger partial charge in [0, 0.05) is 24.4 Å². The van der Waals surface area contributed by atoms with Gasteiger partial charge in [0.1, 0.15) is 0 Å². The lowest BCUT2D eigenvalue weighted by atomic mass is 9.78. The van der Waals surface area contributed by atoms with Gasteiger partial charge in [-0.05, 0) is 39.8 Å². The van der Waals surface area contributed by atoms with Crippen LogP contribution in [0.4, 0.5) is 0 Å². The normalized spacial score (nSPS) is 20.0. The molecular weight excluding hydrogens is 226 g/mol. The summed E-state index contributed by atoms with van der Waals surface area (Å²) in [5, 5.41) is 3.43. The van der Waals surface area contributed by atoms with Crippen molar-refractivity contribution in [3.8, 4) is 0 Å². The van der Waals surface area contributed by atoms with E-state index in [2.05, 4.69) is 35.6 Å². The highest BCUT2D eigenvalue weighted by molar-refractivity contribution is 5.15. The van der Waals surface area contributed by atoms with E-state index in [9.17, 15) is 0 Å². The van der Waals surface area contributed by atoms with Crippen LogP contribution in [-0.4, -0.2) is 35.4 Å². The summed E-state index contributed by atoms with van der Waals surface area (Å²) in [6.45, 7) is 9.61. The van der Waals surface area contributed by atoms with Crippen molar-refractivity contribution in [1.82, 2.24) is 14.9 Å². The van der Waals surface area contributed by atoms with Crippen molar-refractivity contribution >= 4 is 0 Å². The largest absolute Gasteiger partial charge is 0.377 e. The zero-order valence-electron chi connectivity index (χ0n) is 12.0. The van der Waals surface area contributed by atoms with Gasteiger partial charge in [-0.1, -0.05) is 6.92 Å². The summed E-state index contributed by atoms with van der Waals surface area (Å²) in [5.41, 5.74) is 1.43. The summed E-state index contributed by atoms with van der Waals surface area (Å²) >= 11 is 0. The van der Waals surface area contributed by atoms with Crippen molar-refractivity contribution < 1.29 is 4.74 Å². The average Bonchev–Trinajstić information content (AvgIpc) is 2.78. The van der Waals surface area contributed by atoms with E-state index in [0.717, 1.165) is 19.6 Å². The maximum atomic E-state index is 5.53. The van der Waals surface area contributed by atoms with E-state index in [-0.39, 0.29) is 11.0 Å². The highest BCUT2D eigenvalue weighted by Gasteiger charge is 2.32. The summed E-state index contributed by atoms with van der Waals surface area (Å²) in [6.07, 6.45) is 6.30. The Morgan fingerprint density at radius 3 is 2.72 bits per heavy atom. The molecule has 1 aliphatic heterocycles. The number of rotatable bonds is 4. The lowest BCUT2D eigenvalue weighted by Gasteiger charge is -2.36. The van der Waals surface area contributed by atoms with Crippen LogP contribution in [0.5, 0.6) is 0 Å². The van der Waals surface area contributed by atoms with Crippen molar-refractivity contribution in [2.24, 2.45) is 0 Å². The van der Waals surface area contributed by atoms with Crippen LogP contribution in [0.25, 0.3) is 0 Å². The smallest absolute Gasteiger partial charge is 0.0949 e. The molecule has 0 atom stereocenters. The molecule has 1 aromatic heterocycles. The van der Waals surface area contributed by atoms with Gasteiger partial charge in [-0.2, -0.15) is 0 Å². The Hall–Kier alpha value is -0.870. The Balaban J connectivity index is 2.21. The molecule has 0 amide bonds. The monoisotopic (exact) mass is 251 g/mol. The second kappa shape index (κ2) is 5.02. The van der Waals surface area contributed by atoms with Crippen molar-refractivity contribution in [2.45, 2.75) is 51.2 Å². The maximum absolute atomic E-state index is 5.53. The van der Waals surface area contributed by atoms with Crippen molar-refractivity contribution in [3.63, 3.8) is 0 Å². The van der Waals surface area contributed by atoms with E-state index in [0.29, 0.717) is 0 Å². The Morgan fingerprint density at radius 2 is 2.11 bits per heavy atom. The highest BCUT2D eigenvalue weighted by atomic mass is 16.5.